The number of aliphatic imine (C=N–C) groups is 1. The van der Waals surface area contributed by atoms with Crippen LogP contribution in [-0.2, 0) is 4.79 Å². The summed E-state index contributed by atoms with van der Waals surface area (Å²) in [5, 5.41) is 9.44. The van der Waals surface area contributed by atoms with Crippen molar-refractivity contribution in [3.63, 3.8) is 0 Å². The molecule has 3 N–H and O–H groups in total. The number of rotatable bonds is 6. The van der Waals surface area contributed by atoms with Crippen molar-refractivity contribution in [2.24, 2.45) is 4.99 Å². The quantitative estimate of drug-likeness (QED) is 0.492. The predicted molar refractivity (Wildman–Crippen MR) is 111 cm³/mol. The van der Waals surface area contributed by atoms with Crippen LogP contribution < -0.4 is 16.0 Å². The van der Waals surface area contributed by atoms with Crippen LogP contribution in [0.25, 0.3) is 0 Å². The van der Waals surface area contributed by atoms with Gasteiger partial charge in [0.25, 0.3) is 0 Å². The fourth-order valence-corrected chi connectivity index (χ4v) is 2.97. The summed E-state index contributed by atoms with van der Waals surface area (Å²) in [6, 6.07) is 16.1. The van der Waals surface area contributed by atoms with Gasteiger partial charge in [-0.15, -0.1) is 0 Å². The van der Waals surface area contributed by atoms with Crippen molar-refractivity contribution in [2.45, 2.75) is 26.3 Å². The molecular formula is C20H25BrN4O. The van der Waals surface area contributed by atoms with Crippen LogP contribution in [0, 0.1) is 6.92 Å². The molecule has 1 amide bonds. The maximum Gasteiger partial charge on any atom is 0.226 e. The van der Waals surface area contributed by atoms with Gasteiger partial charge in [-0.25, -0.2) is 0 Å². The van der Waals surface area contributed by atoms with Crippen molar-refractivity contribution in [1.82, 2.24) is 10.6 Å². The van der Waals surface area contributed by atoms with Crippen LogP contribution in [0.15, 0.2) is 58.0 Å². The van der Waals surface area contributed by atoms with Crippen LogP contribution in [0.2, 0.25) is 0 Å². The highest BCUT2D eigenvalue weighted by atomic mass is 79.9. The largest absolute Gasteiger partial charge is 0.356 e. The van der Waals surface area contributed by atoms with Gasteiger partial charge in [-0.05, 0) is 43.2 Å². The number of hydrogen-bond donors (Lipinski definition) is 3. The van der Waals surface area contributed by atoms with Crippen LogP contribution in [0.4, 0.5) is 5.69 Å². The van der Waals surface area contributed by atoms with Gasteiger partial charge >= 0.3 is 0 Å². The Morgan fingerprint density at radius 1 is 1.19 bits per heavy atom. The molecule has 0 aliphatic heterocycles. The zero-order valence-corrected chi connectivity index (χ0v) is 16.9. The minimum atomic E-state index is -0.0329. The number of anilines is 1. The third-order valence-electron chi connectivity index (χ3n) is 3.98. The first-order valence-electron chi connectivity index (χ1n) is 8.57. The van der Waals surface area contributed by atoms with Crippen molar-refractivity contribution >= 4 is 33.5 Å². The summed E-state index contributed by atoms with van der Waals surface area (Å²) in [5.41, 5.74) is 3.03. The Morgan fingerprint density at radius 3 is 2.58 bits per heavy atom. The zero-order valence-electron chi connectivity index (χ0n) is 15.3. The minimum Gasteiger partial charge on any atom is -0.356 e. The number of carbonyl (C=O) groups excluding carboxylic acids is 1. The molecule has 1 unspecified atom stereocenters. The SMILES string of the molecule is CN=C(NCCC(=O)Nc1ccc(Br)cc1C)NC(C)c1ccccc1. The van der Waals surface area contributed by atoms with Gasteiger partial charge in [0.15, 0.2) is 5.96 Å². The van der Waals surface area contributed by atoms with E-state index in [1.165, 1.54) is 5.56 Å². The van der Waals surface area contributed by atoms with Crippen LogP contribution >= 0.6 is 15.9 Å². The number of guanidine groups is 1. The number of amides is 1. The predicted octanol–water partition coefficient (Wildman–Crippen LogP) is 4.01. The highest BCUT2D eigenvalue weighted by Crippen LogP contribution is 2.20. The van der Waals surface area contributed by atoms with Gasteiger partial charge in [-0.2, -0.15) is 0 Å². The summed E-state index contributed by atoms with van der Waals surface area (Å²) in [6.45, 7) is 4.54. The lowest BCUT2D eigenvalue weighted by Crippen LogP contribution is -2.39. The van der Waals surface area contributed by atoms with Gasteiger partial charge in [0.2, 0.25) is 5.91 Å². The van der Waals surface area contributed by atoms with E-state index in [0.29, 0.717) is 18.9 Å². The molecule has 138 valence electrons. The molecule has 0 aliphatic carbocycles. The van der Waals surface area contributed by atoms with E-state index in [2.05, 4.69) is 55.9 Å². The van der Waals surface area contributed by atoms with E-state index in [1.54, 1.807) is 7.05 Å². The van der Waals surface area contributed by atoms with Gasteiger partial charge in [0.1, 0.15) is 0 Å². The third-order valence-corrected chi connectivity index (χ3v) is 4.48. The molecule has 0 spiro atoms. The van der Waals surface area contributed by atoms with Crippen molar-refractivity contribution in [3.05, 3.63) is 64.1 Å². The molecule has 0 aliphatic rings. The van der Waals surface area contributed by atoms with Crippen LogP contribution in [-0.4, -0.2) is 25.5 Å². The lowest BCUT2D eigenvalue weighted by Gasteiger charge is -2.18. The average Bonchev–Trinajstić information content (AvgIpc) is 2.63. The molecule has 2 rings (SSSR count). The normalized spacial score (nSPS) is 12.4. The standard InChI is InChI=1S/C20H25BrN4O/c1-14-13-17(21)9-10-18(14)25-19(26)11-12-23-20(22-3)24-15(2)16-7-5-4-6-8-16/h4-10,13,15H,11-12H2,1-3H3,(H,25,26)(H2,22,23,24). The molecule has 2 aromatic rings. The van der Waals surface area contributed by atoms with Gasteiger partial charge < -0.3 is 16.0 Å². The summed E-state index contributed by atoms with van der Waals surface area (Å²) in [5.74, 6) is 0.642. The minimum absolute atomic E-state index is 0.0329. The molecule has 0 aromatic heterocycles. The van der Waals surface area contributed by atoms with E-state index in [9.17, 15) is 4.79 Å². The first-order valence-corrected chi connectivity index (χ1v) is 9.37. The lowest BCUT2D eigenvalue weighted by atomic mass is 10.1. The van der Waals surface area contributed by atoms with E-state index in [0.717, 1.165) is 15.7 Å². The molecule has 1 atom stereocenters. The maximum atomic E-state index is 12.1. The number of carbonyl (C=O) groups is 1. The molecule has 2 aromatic carbocycles. The van der Waals surface area contributed by atoms with Crippen molar-refractivity contribution in [2.75, 3.05) is 18.9 Å². The Labute approximate surface area is 163 Å². The van der Waals surface area contributed by atoms with Crippen molar-refractivity contribution in [3.8, 4) is 0 Å². The second-order valence-corrected chi connectivity index (χ2v) is 6.95. The van der Waals surface area contributed by atoms with Gasteiger partial charge in [-0.1, -0.05) is 46.3 Å². The topological polar surface area (TPSA) is 65.5 Å². The summed E-state index contributed by atoms with van der Waals surface area (Å²) in [4.78, 5) is 16.4. The van der Waals surface area contributed by atoms with Gasteiger partial charge in [-0.3, -0.25) is 9.79 Å². The molecular weight excluding hydrogens is 392 g/mol. The van der Waals surface area contributed by atoms with Crippen molar-refractivity contribution < 1.29 is 4.79 Å². The summed E-state index contributed by atoms with van der Waals surface area (Å²) in [7, 11) is 1.72. The summed E-state index contributed by atoms with van der Waals surface area (Å²) < 4.78 is 0.997. The second kappa shape index (κ2) is 9.97. The van der Waals surface area contributed by atoms with E-state index in [-0.39, 0.29) is 11.9 Å². The van der Waals surface area contributed by atoms with Crippen molar-refractivity contribution in [1.29, 1.82) is 0 Å². The smallest absolute Gasteiger partial charge is 0.226 e. The molecule has 0 radical (unpaired) electrons. The summed E-state index contributed by atoms with van der Waals surface area (Å²) >= 11 is 3.42. The average molecular weight is 417 g/mol. The molecule has 26 heavy (non-hydrogen) atoms. The van der Waals surface area contributed by atoms with Crippen LogP contribution in [0.5, 0.6) is 0 Å². The first kappa shape index (κ1) is 20.0. The van der Waals surface area contributed by atoms with Gasteiger partial charge in [0.05, 0.1) is 6.04 Å². The molecule has 0 saturated heterocycles. The molecule has 5 nitrogen and oxygen atoms in total. The highest BCUT2D eigenvalue weighted by Gasteiger charge is 2.09. The molecule has 0 fully saturated rings. The zero-order chi connectivity index (χ0) is 18.9. The Balaban J connectivity index is 1.79. The lowest BCUT2D eigenvalue weighted by molar-refractivity contribution is -0.116. The molecule has 6 heteroatoms. The number of benzene rings is 2. The Kier molecular flexibility index (Phi) is 7.66. The molecule has 0 saturated carbocycles. The Bertz CT molecular complexity index is 762. The first-order chi connectivity index (χ1) is 12.5. The summed E-state index contributed by atoms with van der Waals surface area (Å²) in [6.07, 6.45) is 0.357. The molecule has 0 heterocycles. The Morgan fingerprint density at radius 2 is 1.92 bits per heavy atom. The van der Waals surface area contributed by atoms with Crippen LogP contribution in [0.3, 0.4) is 0 Å². The second-order valence-electron chi connectivity index (χ2n) is 6.03. The maximum absolute atomic E-state index is 12.1. The number of hydrogen-bond acceptors (Lipinski definition) is 2. The number of nitrogens with one attached hydrogen (secondary N) is 3. The van der Waals surface area contributed by atoms with E-state index in [4.69, 9.17) is 0 Å². The fourth-order valence-electron chi connectivity index (χ4n) is 2.50. The highest BCUT2D eigenvalue weighted by molar-refractivity contribution is 9.10. The molecule has 0 bridgehead atoms. The van der Waals surface area contributed by atoms with E-state index >= 15 is 0 Å². The number of halogens is 1. The Hall–Kier alpha value is -2.34. The van der Waals surface area contributed by atoms with E-state index in [1.807, 2.05) is 43.3 Å². The third kappa shape index (κ3) is 6.19. The number of aryl methyl sites for hydroxylation is 1. The van der Waals surface area contributed by atoms with Crippen LogP contribution in [0.1, 0.15) is 30.5 Å². The van der Waals surface area contributed by atoms with Gasteiger partial charge in [0, 0.05) is 30.2 Å². The number of nitrogens with zero attached hydrogens (tertiary/aromatic N) is 1. The monoisotopic (exact) mass is 416 g/mol. The fraction of sp³-hybridized carbons (Fsp3) is 0.300. The van der Waals surface area contributed by atoms with E-state index < -0.39 is 0 Å².